The van der Waals surface area contributed by atoms with Gasteiger partial charge in [0.15, 0.2) is 0 Å². The molecule has 0 saturated carbocycles. The average molecular weight is 288 g/mol. The second kappa shape index (κ2) is 12.4. The van der Waals surface area contributed by atoms with Gasteiger partial charge in [-0.3, -0.25) is 14.9 Å². The van der Waals surface area contributed by atoms with Crippen LogP contribution < -0.4 is 10.6 Å². The monoisotopic (exact) mass is 288 g/mol. The van der Waals surface area contributed by atoms with Gasteiger partial charge in [0.2, 0.25) is 5.91 Å². The fourth-order valence-electron chi connectivity index (χ4n) is 1.38. The molecule has 7 heteroatoms. The molecule has 0 bridgehead atoms. The Morgan fingerprint density at radius 2 is 1.75 bits per heavy atom. The van der Waals surface area contributed by atoms with E-state index in [0.717, 1.165) is 12.8 Å². The molecule has 0 atom stereocenters. The first-order chi connectivity index (χ1) is 9.56. The molecule has 0 unspecified atom stereocenters. The molecule has 0 saturated heterocycles. The summed E-state index contributed by atoms with van der Waals surface area (Å²) in [5, 5.41) is 13.1. The van der Waals surface area contributed by atoms with E-state index >= 15 is 0 Å². The average Bonchev–Trinajstić information content (AvgIpc) is 2.38. The van der Waals surface area contributed by atoms with Crippen LogP contribution in [0.15, 0.2) is 0 Å². The minimum atomic E-state index is -0.883. The first-order valence-electron chi connectivity index (χ1n) is 6.93. The quantitative estimate of drug-likeness (QED) is 0.497. The van der Waals surface area contributed by atoms with Gasteiger partial charge in [-0.05, 0) is 19.3 Å². The molecule has 116 valence electrons. The van der Waals surface area contributed by atoms with Crippen molar-refractivity contribution in [3.63, 3.8) is 0 Å². The number of carboxylic acids is 1. The highest BCUT2D eigenvalue weighted by atomic mass is 16.5. The van der Waals surface area contributed by atoms with Crippen LogP contribution in [-0.4, -0.2) is 42.8 Å². The van der Waals surface area contributed by atoms with Crippen LogP contribution in [0.1, 0.15) is 45.4 Å². The molecule has 3 N–H and O–H groups in total. The first-order valence-corrected chi connectivity index (χ1v) is 6.93. The molecule has 0 fully saturated rings. The van der Waals surface area contributed by atoms with Gasteiger partial charge in [0.1, 0.15) is 0 Å². The number of carboxylic acid groups (broad SMARTS) is 1. The molecule has 0 radical (unpaired) electrons. The number of imide groups is 1. The van der Waals surface area contributed by atoms with Crippen LogP contribution in [0.4, 0.5) is 4.79 Å². The molecule has 0 aliphatic rings. The summed E-state index contributed by atoms with van der Waals surface area (Å²) in [7, 11) is 0. The van der Waals surface area contributed by atoms with Crippen molar-refractivity contribution in [2.45, 2.75) is 45.4 Å². The van der Waals surface area contributed by atoms with Crippen molar-refractivity contribution < 1.29 is 24.2 Å². The zero-order valence-corrected chi connectivity index (χ0v) is 11.9. The second-order valence-electron chi connectivity index (χ2n) is 4.37. The Hall–Kier alpha value is -1.63. The second-order valence-corrected chi connectivity index (χ2v) is 4.37. The third-order valence-electron chi connectivity index (χ3n) is 2.47. The van der Waals surface area contributed by atoms with Gasteiger partial charge >= 0.3 is 12.0 Å². The van der Waals surface area contributed by atoms with Gasteiger partial charge in [-0.25, -0.2) is 4.79 Å². The zero-order valence-electron chi connectivity index (χ0n) is 11.9. The highest BCUT2D eigenvalue weighted by molar-refractivity contribution is 5.94. The van der Waals surface area contributed by atoms with Crippen LogP contribution in [0.3, 0.4) is 0 Å². The molecular formula is C13H24N2O5. The minimum Gasteiger partial charge on any atom is -0.481 e. The highest BCUT2D eigenvalue weighted by Crippen LogP contribution is 1.99. The van der Waals surface area contributed by atoms with Crippen LogP contribution in [0.5, 0.6) is 0 Å². The molecule has 0 aromatic carbocycles. The summed E-state index contributed by atoms with van der Waals surface area (Å²) >= 11 is 0. The molecule has 7 nitrogen and oxygen atoms in total. The molecule has 20 heavy (non-hydrogen) atoms. The lowest BCUT2D eigenvalue weighted by molar-refractivity contribution is -0.137. The summed E-state index contributed by atoms with van der Waals surface area (Å²) in [6.07, 6.45) is 3.11. The standard InChI is InChI=1S/C13H24N2O5/c1-2-3-9-20-10-8-14-13(19)15-11(16)6-4-5-7-12(17)18/h2-10H2,1H3,(H,17,18)(H2,14,15,16,19). The number of ether oxygens (including phenoxy) is 1. The van der Waals surface area contributed by atoms with E-state index in [1.54, 1.807) is 0 Å². The number of amides is 3. The van der Waals surface area contributed by atoms with Crippen LogP contribution in [0.25, 0.3) is 0 Å². The molecule has 0 spiro atoms. The van der Waals surface area contributed by atoms with Crippen LogP contribution in [-0.2, 0) is 14.3 Å². The van der Waals surface area contributed by atoms with Crippen molar-refractivity contribution in [1.29, 1.82) is 0 Å². The Kier molecular flexibility index (Phi) is 11.4. The lowest BCUT2D eigenvalue weighted by Gasteiger charge is -2.07. The first kappa shape index (κ1) is 18.4. The molecule has 0 aromatic rings. The number of urea groups is 1. The van der Waals surface area contributed by atoms with E-state index in [4.69, 9.17) is 9.84 Å². The topological polar surface area (TPSA) is 105 Å². The number of nitrogens with one attached hydrogen (secondary N) is 2. The maximum absolute atomic E-state index is 11.3. The van der Waals surface area contributed by atoms with E-state index in [0.29, 0.717) is 32.6 Å². The van der Waals surface area contributed by atoms with Gasteiger partial charge in [-0.15, -0.1) is 0 Å². The van der Waals surface area contributed by atoms with Crippen molar-refractivity contribution in [3.8, 4) is 0 Å². The Morgan fingerprint density at radius 1 is 1.05 bits per heavy atom. The van der Waals surface area contributed by atoms with E-state index in [2.05, 4.69) is 17.6 Å². The maximum Gasteiger partial charge on any atom is 0.321 e. The smallest absolute Gasteiger partial charge is 0.321 e. The number of rotatable bonds is 11. The SMILES string of the molecule is CCCCOCCNC(=O)NC(=O)CCCCC(=O)O. The van der Waals surface area contributed by atoms with Crippen molar-refractivity contribution in [2.75, 3.05) is 19.8 Å². The Balaban J connectivity index is 3.45. The van der Waals surface area contributed by atoms with Crippen molar-refractivity contribution in [3.05, 3.63) is 0 Å². The summed E-state index contributed by atoms with van der Waals surface area (Å²) in [6, 6.07) is -0.549. The van der Waals surface area contributed by atoms with Gasteiger partial charge < -0.3 is 15.2 Å². The Bertz CT molecular complexity index is 307. The van der Waals surface area contributed by atoms with E-state index in [1.165, 1.54) is 0 Å². The molecule has 0 aliphatic carbocycles. The van der Waals surface area contributed by atoms with Crippen molar-refractivity contribution in [1.82, 2.24) is 10.6 Å². The number of carbonyl (C=O) groups is 3. The fourth-order valence-corrected chi connectivity index (χ4v) is 1.38. The Labute approximate surface area is 119 Å². The third kappa shape index (κ3) is 12.8. The lowest BCUT2D eigenvalue weighted by atomic mass is 10.2. The number of aliphatic carboxylic acids is 1. The summed E-state index contributed by atoms with van der Waals surface area (Å²) in [4.78, 5) is 32.9. The predicted octanol–water partition coefficient (Wildman–Crippen LogP) is 1.27. The molecule has 0 aromatic heterocycles. The number of unbranched alkanes of at least 4 members (excludes halogenated alkanes) is 2. The predicted molar refractivity (Wildman–Crippen MR) is 73.4 cm³/mol. The fraction of sp³-hybridized carbons (Fsp3) is 0.769. The molecular weight excluding hydrogens is 264 g/mol. The van der Waals surface area contributed by atoms with Gasteiger partial charge in [0.25, 0.3) is 0 Å². The zero-order chi connectivity index (χ0) is 15.2. The minimum absolute atomic E-state index is 0.0363. The van der Waals surface area contributed by atoms with Crippen molar-refractivity contribution in [2.24, 2.45) is 0 Å². The van der Waals surface area contributed by atoms with E-state index in [-0.39, 0.29) is 12.8 Å². The maximum atomic E-state index is 11.3. The van der Waals surface area contributed by atoms with Crippen LogP contribution in [0.2, 0.25) is 0 Å². The summed E-state index contributed by atoms with van der Waals surface area (Å²) in [5.41, 5.74) is 0. The molecule has 3 amide bonds. The molecule has 0 heterocycles. The van der Waals surface area contributed by atoms with Gasteiger partial charge in [0.05, 0.1) is 6.61 Å². The van der Waals surface area contributed by atoms with Crippen LogP contribution >= 0.6 is 0 Å². The highest BCUT2D eigenvalue weighted by Gasteiger charge is 2.07. The number of carbonyl (C=O) groups excluding carboxylic acids is 2. The van der Waals surface area contributed by atoms with Crippen LogP contribution in [0, 0.1) is 0 Å². The number of hydrogen-bond donors (Lipinski definition) is 3. The summed E-state index contributed by atoms with van der Waals surface area (Å²) in [6.45, 7) is 3.50. The molecule has 0 aliphatic heterocycles. The largest absolute Gasteiger partial charge is 0.481 e. The molecule has 0 rings (SSSR count). The van der Waals surface area contributed by atoms with Crippen molar-refractivity contribution >= 4 is 17.9 Å². The number of hydrogen-bond acceptors (Lipinski definition) is 4. The van der Waals surface area contributed by atoms with E-state index < -0.39 is 17.9 Å². The van der Waals surface area contributed by atoms with Gasteiger partial charge in [0, 0.05) is 26.0 Å². The third-order valence-corrected chi connectivity index (χ3v) is 2.47. The summed E-state index contributed by atoms with van der Waals surface area (Å²) in [5.74, 6) is -1.29. The van der Waals surface area contributed by atoms with E-state index in [9.17, 15) is 14.4 Å². The normalized spacial score (nSPS) is 10.1. The lowest BCUT2D eigenvalue weighted by Crippen LogP contribution is -2.40. The Morgan fingerprint density at radius 3 is 2.40 bits per heavy atom. The van der Waals surface area contributed by atoms with Gasteiger partial charge in [-0.1, -0.05) is 13.3 Å². The van der Waals surface area contributed by atoms with E-state index in [1.807, 2.05) is 0 Å². The summed E-state index contributed by atoms with van der Waals surface area (Å²) < 4.78 is 5.25. The van der Waals surface area contributed by atoms with Gasteiger partial charge in [-0.2, -0.15) is 0 Å².